The Bertz CT molecular complexity index is 1260. The number of methoxy groups -OCH3 is 1. The Morgan fingerprint density at radius 2 is 1.82 bits per heavy atom. The van der Waals surface area contributed by atoms with E-state index in [1.165, 1.54) is 12.1 Å². The van der Waals surface area contributed by atoms with Crippen LogP contribution >= 0.6 is 0 Å². The highest BCUT2D eigenvalue weighted by molar-refractivity contribution is 7.89. The van der Waals surface area contributed by atoms with E-state index in [0.717, 1.165) is 17.0 Å². The third-order valence-corrected chi connectivity index (χ3v) is 7.88. The molecule has 1 heterocycles. The van der Waals surface area contributed by atoms with Crippen molar-refractivity contribution in [3.8, 4) is 0 Å². The third kappa shape index (κ3) is 3.83. The van der Waals surface area contributed by atoms with Crippen LogP contribution in [0, 0.1) is 18.3 Å². The van der Waals surface area contributed by atoms with E-state index < -0.39 is 39.3 Å². The topological polar surface area (TPSA) is 119 Å². The minimum Gasteiger partial charge on any atom is -0.465 e. The van der Waals surface area contributed by atoms with Gasteiger partial charge in [-0.05, 0) is 31.0 Å². The molecule has 0 bridgehead atoms. The number of nitrogens with zero attached hydrogens (tertiary/aromatic N) is 1. The average molecular weight is 485 g/mol. The molecule has 0 unspecified atom stereocenters. The molecular formula is C24H24N2O7S. The van der Waals surface area contributed by atoms with Gasteiger partial charge in [0.15, 0.2) is 5.41 Å². The second-order valence-corrected chi connectivity index (χ2v) is 10.0. The number of hydrogen-bond donors (Lipinski definition) is 1. The van der Waals surface area contributed by atoms with Gasteiger partial charge in [0.1, 0.15) is 0 Å². The van der Waals surface area contributed by atoms with E-state index in [9.17, 15) is 22.8 Å². The van der Waals surface area contributed by atoms with Crippen LogP contribution in [0.25, 0.3) is 0 Å². The summed E-state index contributed by atoms with van der Waals surface area (Å²) in [5.74, 6) is -2.51. The lowest BCUT2D eigenvalue weighted by molar-refractivity contribution is -0.171. The first-order valence-electron chi connectivity index (χ1n) is 10.6. The lowest BCUT2D eigenvalue weighted by Crippen LogP contribution is -2.63. The maximum absolute atomic E-state index is 13.8. The average Bonchev–Trinajstić information content (AvgIpc) is 2.80. The third-order valence-electron chi connectivity index (χ3n) is 6.11. The van der Waals surface area contributed by atoms with Crippen molar-refractivity contribution in [2.24, 2.45) is 11.3 Å². The van der Waals surface area contributed by atoms with Crippen LogP contribution in [0.1, 0.15) is 17.5 Å². The number of nitrogens with one attached hydrogen (secondary N) is 1. The summed E-state index contributed by atoms with van der Waals surface area (Å²) >= 11 is 0. The van der Waals surface area contributed by atoms with Crippen molar-refractivity contribution in [3.63, 3.8) is 0 Å². The van der Waals surface area contributed by atoms with E-state index in [2.05, 4.69) is 4.74 Å². The number of rotatable bonds is 6. The van der Waals surface area contributed by atoms with Gasteiger partial charge in [0, 0.05) is 5.92 Å². The number of esters is 1. The van der Waals surface area contributed by atoms with Crippen LogP contribution in [-0.2, 0) is 35.6 Å². The number of benzene rings is 2. The molecule has 4 rings (SSSR count). The fourth-order valence-electron chi connectivity index (χ4n) is 4.27. The largest absolute Gasteiger partial charge is 0.465 e. The molecule has 1 aliphatic heterocycles. The van der Waals surface area contributed by atoms with Gasteiger partial charge in [-0.25, -0.2) is 13.2 Å². The lowest BCUT2D eigenvalue weighted by Gasteiger charge is -2.50. The number of fused-ring (bicyclic) bond motifs is 1. The standard InChI is InChI=1S/C24H24N2O7S/c1-16-8-10-19(11-9-16)34(30,31)26(15-17-6-4-3-5-7-17)20-14-18-12-13-33-22(28)24(18,20)21(27)25-23(29)32-2/h3-11,14,18H,12-13,15H2,1-2H3,(H,25,27,29)/t18-,24-/m1/s1. The van der Waals surface area contributed by atoms with E-state index in [4.69, 9.17) is 4.74 Å². The molecule has 10 heteroatoms. The van der Waals surface area contributed by atoms with Crippen molar-refractivity contribution in [3.05, 3.63) is 77.5 Å². The van der Waals surface area contributed by atoms with Gasteiger partial charge in [0.05, 0.1) is 30.9 Å². The molecule has 34 heavy (non-hydrogen) atoms. The lowest BCUT2D eigenvalue weighted by atomic mass is 9.60. The number of alkyl carbamates (subject to hydrolysis) is 1. The summed E-state index contributed by atoms with van der Waals surface area (Å²) in [4.78, 5) is 38.1. The Kier molecular flexibility index (Phi) is 6.18. The number of amides is 2. The molecule has 2 amide bonds. The number of allylic oxidation sites excluding steroid dienone is 1. The van der Waals surface area contributed by atoms with E-state index in [-0.39, 0.29) is 23.7 Å². The quantitative estimate of drug-likeness (QED) is 0.494. The zero-order valence-corrected chi connectivity index (χ0v) is 19.5. The number of hydrogen-bond acceptors (Lipinski definition) is 7. The minimum absolute atomic E-state index is 0.00563. The Labute approximate surface area is 197 Å². The Balaban J connectivity index is 1.84. The molecule has 0 aromatic heterocycles. The van der Waals surface area contributed by atoms with Gasteiger partial charge in [-0.1, -0.05) is 54.1 Å². The van der Waals surface area contributed by atoms with Crippen LogP contribution < -0.4 is 5.32 Å². The summed E-state index contributed by atoms with van der Waals surface area (Å²) in [6, 6.07) is 15.1. The molecule has 0 radical (unpaired) electrons. The van der Waals surface area contributed by atoms with Crippen molar-refractivity contribution in [1.82, 2.24) is 9.62 Å². The van der Waals surface area contributed by atoms with E-state index >= 15 is 0 Å². The second-order valence-electron chi connectivity index (χ2n) is 8.15. The highest BCUT2D eigenvalue weighted by Crippen LogP contribution is 2.54. The second kappa shape index (κ2) is 8.94. The number of ether oxygens (including phenoxy) is 2. The molecular weight excluding hydrogens is 460 g/mol. The molecule has 2 aliphatic rings. The molecule has 0 spiro atoms. The monoisotopic (exact) mass is 484 g/mol. The predicted molar refractivity (Wildman–Crippen MR) is 120 cm³/mol. The molecule has 2 aromatic rings. The van der Waals surface area contributed by atoms with Crippen LogP contribution in [-0.4, -0.2) is 44.4 Å². The Hall–Kier alpha value is -3.66. The van der Waals surface area contributed by atoms with Gasteiger partial charge in [-0.3, -0.25) is 19.2 Å². The van der Waals surface area contributed by atoms with Crippen molar-refractivity contribution < 1.29 is 32.3 Å². The number of imide groups is 1. The summed E-state index contributed by atoms with van der Waals surface area (Å²) in [6.45, 7) is 1.79. The van der Waals surface area contributed by atoms with Gasteiger partial charge in [-0.15, -0.1) is 0 Å². The first-order valence-corrected chi connectivity index (χ1v) is 12.1. The number of carbonyl (C=O) groups excluding carboxylic acids is 3. The molecule has 9 nitrogen and oxygen atoms in total. The molecule has 0 saturated carbocycles. The first kappa shape index (κ1) is 23.5. The first-order chi connectivity index (χ1) is 16.2. The molecule has 1 N–H and O–H groups in total. The molecule has 1 fully saturated rings. The number of aryl methyl sites for hydroxylation is 1. The van der Waals surface area contributed by atoms with Gasteiger partial charge in [-0.2, -0.15) is 0 Å². The maximum Gasteiger partial charge on any atom is 0.413 e. The van der Waals surface area contributed by atoms with E-state index in [0.29, 0.717) is 12.0 Å². The van der Waals surface area contributed by atoms with E-state index in [1.807, 2.05) is 12.2 Å². The fraction of sp³-hybridized carbons (Fsp3) is 0.292. The van der Waals surface area contributed by atoms with Crippen molar-refractivity contribution in [2.45, 2.75) is 24.8 Å². The zero-order chi connectivity index (χ0) is 24.5. The van der Waals surface area contributed by atoms with Crippen LogP contribution in [0.15, 0.2) is 71.3 Å². The summed E-state index contributed by atoms with van der Waals surface area (Å²) in [5.41, 5.74) is -0.511. The fourth-order valence-corrected chi connectivity index (χ4v) is 5.79. The number of cyclic esters (lactones) is 1. The highest BCUT2D eigenvalue weighted by atomic mass is 32.2. The van der Waals surface area contributed by atoms with Crippen molar-refractivity contribution in [2.75, 3.05) is 13.7 Å². The van der Waals surface area contributed by atoms with Gasteiger partial charge < -0.3 is 9.47 Å². The summed E-state index contributed by atoms with van der Waals surface area (Å²) in [7, 11) is -3.11. The maximum atomic E-state index is 13.8. The molecule has 178 valence electrons. The Morgan fingerprint density at radius 3 is 2.44 bits per heavy atom. The van der Waals surface area contributed by atoms with Crippen LogP contribution in [0.4, 0.5) is 4.79 Å². The van der Waals surface area contributed by atoms with Crippen LogP contribution in [0.5, 0.6) is 0 Å². The summed E-state index contributed by atoms with van der Waals surface area (Å²) in [5, 5.41) is 2.04. The van der Waals surface area contributed by atoms with Gasteiger partial charge in [0.2, 0.25) is 0 Å². The Morgan fingerprint density at radius 1 is 1.15 bits per heavy atom. The van der Waals surface area contributed by atoms with Gasteiger partial charge >= 0.3 is 12.1 Å². The molecule has 1 aliphatic carbocycles. The molecule has 2 atom stereocenters. The summed E-state index contributed by atoms with van der Waals surface area (Å²) < 4.78 is 38.4. The molecule has 2 aromatic carbocycles. The van der Waals surface area contributed by atoms with Crippen LogP contribution in [0.2, 0.25) is 0 Å². The van der Waals surface area contributed by atoms with Crippen molar-refractivity contribution >= 4 is 28.0 Å². The SMILES string of the molecule is COC(=O)NC(=O)[C@@]12C(=O)OCC[C@@H]1C=C2N(Cc1ccccc1)S(=O)(=O)c1ccc(C)cc1. The smallest absolute Gasteiger partial charge is 0.413 e. The minimum atomic E-state index is -4.19. The molecule has 1 saturated heterocycles. The highest BCUT2D eigenvalue weighted by Gasteiger charge is 2.66. The number of carbonyl (C=O) groups is 3. The van der Waals surface area contributed by atoms with Crippen molar-refractivity contribution in [1.29, 1.82) is 0 Å². The van der Waals surface area contributed by atoms with Gasteiger partial charge in [0.25, 0.3) is 15.9 Å². The summed E-state index contributed by atoms with van der Waals surface area (Å²) in [6.07, 6.45) is 0.846. The van der Waals surface area contributed by atoms with Crippen LogP contribution in [0.3, 0.4) is 0 Å². The van der Waals surface area contributed by atoms with E-state index in [1.54, 1.807) is 48.5 Å². The predicted octanol–water partition coefficient (Wildman–Crippen LogP) is 2.52. The number of sulfonamides is 1. The normalized spacial score (nSPS) is 21.3. The zero-order valence-electron chi connectivity index (χ0n) is 18.7.